The van der Waals surface area contributed by atoms with E-state index in [0.717, 1.165) is 46.9 Å². The fraction of sp³-hybridized carbons (Fsp3) is 0.239. The minimum Gasteiger partial charge on any atom is -0.279 e. The largest absolute Gasteiger partial charge is 0.279 e. The Bertz CT molecular complexity index is 2120. The molecule has 3 heterocycles. The lowest BCUT2D eigenvalue weighted by Crippen LogP contribution is -2.29. The lowest BCUT2D eigenvalue weighted by atomic mass is 9.67. The van der Waals surface area contributed by atoms with Gasteiger partial charge >= 0.3 is 0 Å². The van der Waals surface area contributed by atoms with E-state index in [0.29, 0.717) is 5.92 Å². The number of fused-ring (bicyclic) bond motifs is 3. The summed E-state index contributed by atoms with van der Waals surface area (Å²) in [6.07, 6.45) is 15.8. The van der Waals surface area contributed by atoms with Gasteiger partial charge in [-0.1, -0.05) is 136 Å². The molecule has 242 valence electrons. The van der Waals surface area contributed by atoms with Crippen LogP contribution >= 0.6 is 0 Å². The first-order valence-electron chi connectivity index (χ1n) is 17.7. The molecule has 0 radical (unpaired) electrons. The molecule has 0 amide bonds. The second kappa shape index (κ2) is 12.7. The van der Waals surface area contributed by atoms with Crippen molar-refractivity contribution in [2.45, 2.75) is 63.8 Å². The summed E-state index contributed by atoms with van der Waals surface area (Å²) in [7, 11) is 0. The topological polar surface area (TPSA) is 38.1 Å². The third kappa shape index (κ3) is 6.04. The van der Waals surface area contributed by atoms with Crippen LogP contribution in [-0.4, -0.2) is 15.7 Å². The van der Waals surface area contributed by atoms with Crippen LogP contribution in [0.25, 0.3) is 39.6 Å². The molecule has 2 aromatic heterocycles. The average Bonchev–Trinajstić information content (AvgIpc) is 3.15. The summed E-state index contributed by atoms with van der Waals surface area (Å²) in [5.74, 6) is 0.849. The summed E-state index contributed by atoms with van der Waals surface area (Å²) in [6.45, 7) is 9.00. The van der Waals surface area contributed by atoms with Crippen LogP contribution < -0.4 is 0 Å². The molecule has 3 aromatic carbocycles. The smallest absolute Gasteiger partial charge is 0.103 e. The molecular formula is C46H43N3. The third-order valence-electron chi connectivity index (χ3n) is 10.6. The Balaban J connectivity index is 1.20. The number of aromatic nitrogens is 2. The van der Waals surface area contributed by atoms with Gasteiger partial charge in [-0.25, -0.2) is 0 Å². The van der Waals surface area contributed by atoms with E-state index >= 15 is 0 Å². The Morgan fingerprint density at radius 3 is 2.08 bits per heavy atom. The number of aliphatic imine (C=N–C) groups is 1. The Morgan fingerprint density at radius 1 is 0.714 bits per heavy atom. The second-order valence-electron chi connectivity index (χ2n) is 14.5. The molecule has 3 heteroatoms. The Kier molecular flexibility index (Phi) is 8.08. The first-order valence-corrected chi connectivity index (χ1v) is 17.7. The van der Waals surface area contributed by atoms with Gasteiger partial charge in [0.2, 0.25) is 0 Å². The molecule has 0 saturated heterocycles. The maximum atomic E-state index is 5.39. The van der Waals surface area contributed by atoms with Gasteiger partial charge in [-0.05, 0) is 77.8 Å². The van der Waals surface area contributed by atoms with E-state index in [-0.39, 0.29) is 23.3 Å². The molecule has 49 heavy (non-hydrogen) atoms. The first-order chi connectivity index (χ1) is 23.8. The fourth-order valence-electron chi connectivity index (χ4n) is 7.84. The van der Waals surface area contributed by atoms with Gasteiger partial charge in [0.25, 0.3) is 0 Å². The van der Waals surface area contributed by atoms with Crippen LogP contribution in [0, 0.1) is 5.92 Å². The van der Waals surface area contributed by atoms with Gasteiger partial charge in [0.15, 0.2) is 0 Å². The van der Waals surface area contributed by atoms with Crippen LogP contribution in [-0.2, 0) is 5.41 Å². The van der Waals surface area contributed by atoms with E-state index in [2.05, 4.69) is 167 Å². The zero-order chi connectivity index (χ0) is 33.5. The molecule has 3 aliphatic rings. The molecule has 4 atom stereocenters. The predicted octanol–water partition coefficient (Wildman–Crippen LogP) is 11.7. The number of benzene rings is 3. The maximum Gasteiger partial charge on any atom is 0.103 e. The van der Waals surface area contributed by atoms with Gasteiger partial charge in [-0.3, -0.25) is 15.0 Å². The molecule has 2 aliphatic carbocycles. The van der Waals surface area contributed by atoms with Crippen molar-refractivity contribution in [3.63, 3.8) is 0 Å². The van der Waals surface area contributed by atoms with E-state index in [1.54, 1.807) is 0 Å². The van der Waals surface area contributed by atoms with Gasteiger partial charge in [0.1, 0.15) is 6.04 Å². The molecule has 0 N–H and O–H groups in total. The lowest BCUT2D eigenvalue weighted by molar-refractivity contribution is 0.438. The summed E-state index contributed by atoms with van der Waals surface area (Å²) >= 11 is 0. The molecule has 0 spiro atoms. The van der Waals surface area contributed by atoms with Crippen molar-refractivity contribution in [1.29, 1.82) is 0 Å². The number of pyridine rings is 2. The summed E-state index contributed by atoms with van der Waals surface area (Å²) < 4.78 is 0. The summed E-state index contributed by atoms with van der Waals surface area (Å²) in [4.78, 5) is 15.8. The van der Waals surface area contributed by atoms with Crippen LogP contribution in [0.4, 0.5) is 0 Å². The minimum absolute atomic E-state index is 0.0366. The minimum atomic E-state index is -0.179. The van der Waals surface area contributed by atoms with Crippen molar-refractivity contribution in [1.82, 2.24) is 9.97 Å². The van der Waals surface area contributed by atoms with Crippen LogP contribution in [0.2, 0.25) is 0 Å². The highest BCUT2D eigenvalue weighted by Gasteiger charge is 2.38. The highest BCUT2D eigenvalue weighted by atomic mass is 14.9. The Labute approximate surface area is 290 Å². The number of nitrogens with zero attached hydrogens (tertiary/aromatic N) is 3. The third-order valence-corrected chi connectivity index (χ3v) is 10.6. The van der Waals surface area contributed by atoms with E-state index < -0.39 is 0 Å². The monoisotopic (exact) mass is 637 g/mol. The Hall–Kier alpha value is -5.15. The summed E-state index contributed by atoms with van der Waals surface area (Å²) in [5, 5.41) is 0. The number of allylic oxidation sites excluding steroid dienone is 3. The van der Waals surface area contributed by atoms with E-state index in [4.69, 9.17) is 15.0 Å². The molecular weight excluding hydrogens is 595 g/mol. The van der Waals surface area contributed by atoms with Gasteiger partial charge in [-0.15, -0.1) is 0 Å². The number of rotatable bonds is 6. The normalized spacial score (nSPS) is 22.5. The molecule has 0 saturated carbocycles. The maximum absolute atomic E-state index is 5.39. The molecule has 5 aromatic rings. The number of dihydropyridines is 1. The number of hydrogen-bond donors (Lipinski definition) is 0. The zero-order valence-corrected chi connectivity index (χ0v) is 28.8. The van der Waals surface area contributed by atoms with Gasteiger partial charge in [0.05, 0.1) is 11.4 Å². The molecule has 0 bridgehead atoms. The SMILES string of the molecule is CC1=NC2c3nc(C(C)C)cc(C4(C)C=CCC(c5cc(-c6ccc(-c7ccccc7)cc6)cc(-c6ccccc6)n5)C4)c3C=CC2C=C1. The zero-order valence-electron chi connectivity index (χ0n) is 28.8. The van der Waals surface area contributed by atoms with Gasteiger partial charge in [0, 0.05) is 45.5 Å². The van der Waals surface area contributed by atoms with Crippen molar-refractivity contribution in [3.05, 3.63) is 162 Å². The average molecular weight is 638 g/mol. The van der Waals surface area contributed by atoms with Crippen molar-refractivity contribution in [2.24, 2.45) is 10.9 Å². The van der Waals surface area contributed by atoms with Gasteiger partial charge < -0.3 is 0 Å². The van der Waals surface area contributed by atoms with Crippen LogP contribution in [0.15, 0.2) is 139 Å². The Morgan fingerprint density at radius 2 is 1.37 bits per heavy atom. The fourth-order valence-corrected chi connectivity index (χ4v) is 7.84. The highest BCUT2D eigenvalue weighted by molar-refractivity contribution is 5.94. The van der Waals surface area contributed by atoms with E-state index in [1.807, 2.05) is 0 Å². The van der Waals surface area contributed by atoms with E-state index in [1.165, 1.54) is 33.4 Å². The number of hydrogen-bond acceptors (Lipinski definition) is 3. The highest BCUT2D eigenvalue weighted by Crippen LogP contribution is 2.48. The quantitative estimate of drug-likeness (QED) is 0.174. The second-order valence-corrected chi connectivity index (χ2v) is 14.5. The van der Waals surface area contributed by atoms with Crippen molar-refractivity contribution >= 4 is 11.8 Å². The first kappa shape index (κ1) is 31.1. The predicted molar refractivity (Wildman–Crippen MR) is 205 cm³/mol. The lowest BCUT2D eigenvalue weighted by Gasteiger charge is -2.38. The van der Waals surface area contributed by atoms with Crippen LogP contribution in [0.3, 0.4) is 0 Å². The summed E-state index contributed by atoms with van der Waals surface area (Å²) in [6, 6.07) is 37.2. The molecule has 0 fully saturated rings. The van der Waals surface area contributed by atoms with Crippen molar-refractivity contribution < 1.29 is 0 Å². The van der Waals surface area contributed by atoms with Crippen molar-refractivity contribution in [2.75, 3.05) is 0 Å². The molecule has 4 unspecified atom stereocenters. The van der Waals surface area contributed by atoms with Crippen molar-refractivity contribution in [3.8, 4) is 33.5 Å². The van der Waals surface area contributed by atoms with Crippen LogP contribution in [0.1, 0.15) is 86.6 Å². The standard InChI is InChI=1S/C46H43N3/c1-30(2)41-28-40(39-24-23-36-18-17-31(3)47-44(36)45(39)49-41)46(4)25-11-16-37(29-46)43-27-38(26-42(48-43)35-14-9-6-10-15-35)34-21-19-33(20-22-34)32-12-7-5-8-13-32/h5-15,17-28,30,36-37,44H,16,29H2,1-4H3. The molecule has 3 nitrogen and oxygen atoms in total. The van der Waals surface area contributed by atoms with Crippen LogP contribution in [0.5, 0.6) is 0 Å². The molecule has 1 aliphatic heterocycles. The van der Waals surface area contributed by atoms with E-state index in [9.17, 15) is 0 Å². The summed E-state index contributed by atoms with van der Waals surface area (Å²) in [5.41, 5.74) is 13.9. The molecule has 8 rings (SSSR count). The van der Waals surface area contributed by atoms with Gasteiger partial charge in [-0.2, -0.15) is 0 Å².